The molecule has 3 aliphatic heterocycles. The molecular formula is C38H55N3O7. The average molecular weight is 666 g/mol. The number of carbonyl (C=O) groups excluding carboxylic acids is 4. The normalized spacial score (nSPS) is 26.1. The maximum atomic E-state index is 14.9. The van der Waals surface area contributed by atoms with Crippen LogP contribution in [0.2, 0.25) is 0 Å². The molecule has 1 aromatic rings. The number of fused-ring (bicyclic) bond motifs is 1. The first-order valence-corrected chi connectivity index (χ1v) is 17.3. The summed E-state index contributed by atoms with van der Waals surface area (Å²) >= 11 is 0. The van der Waals surface area contributed by atoms with E-state index in [2.05, 4.69) is 39.2 Å². The number of allylic oxidation sites excluding steroid dienone is 1. The molecule has 10 heteroatoms. The molecule has 4 rings (SSSR count). The number of benzene rings is 1. The average Bonchev–Trinajstić information content (AvgIpc) is 3.68. The lowest BCUT2D eigenvalue weighted by atomic mass is 9.70. The molecule has 0 unspecified atom stereocenters. The summed E-state index contributed by atoms with van der Waals surface area (Å²) < 4.78 is 12.8. The van der Waals surface area contributed by atoms with Crippen molar-refractivity contribution in [1.82, 2.24) is 15.1 Å². The molecule has 3 aliphatic rings. The zero-order valence-corrected chi connectivity index (χ0v) is 29.6. The standard InChI is InChI=1S/C38H55N3O7/c1-9-12-18-29(43)39-22-28(25-16-14-13-15-17-25)47-35(46)30-27-19-20-38(48-27)31(30)33(44)41(26(11-3)23-42)32(38)34(45)40(21-10-2)37(7,8)24-36(4,5)6/h9-10,13-17,26-28,30-32,42H,1-2,11-12,18-24H2,3-8H3,(H,39,43)/t26-,27-,28-,30+,31+,32-,38+/m0/s1. The van der Waals surface area contributed by atoms with Gasteiger partial charge in [0.2, 0.25) is 17.7 Å². The first kappa shape index (κ1) is 37.3. The summed E-state index contributed by atoms with van der Waals surface area (Å²) in [6, 6.07) is 7.50. The molecular weight excluding hydrogens is 610 g/mol. The highest BCUT2D eigenvalue weighted by molar-refractivity contribution is 5.98. The van der Waals surface area contributed by atoms with Crippen molar-refractivity contribution in [2.75, 3.05) is 19.7 Å². The third-order valence-electron chi connectivity index (χ3n) is 10.1. The van der Waals surface area contributed by atoms with Crippen LogP contribution < -0.4 is 5.32 Å². The Labute approximate surface area is 285 Å². The molecule has 3 saturated heterocycles. The molecule has 3 heterocycles. The summed E-state index contributed by atoms with van der Waals surface area (Å²) in [5.74, 6) is -3.33. The second-order valence-corrected chi connectivity index (χ2v) is 15.3. The quantitative estimate of drug-likeness (QED) is 0.193. The number of carbonyl (C=O) groups is 4. The SMILES string of the molecule is C=CCCC(=O)NC[C@H](OC(=O)[C@@H]1[C@@H]2CC[C@]3(O2)[C@H](C(=O)N(CC=C)C(C)(C)CC(C)(C)C)N([C@@H](CC)CO)C(=O)[C@@H]13)c1ccccc1. The first-order valence-electron chi connectivity index (χ1n) is 17.3. The minimum absolute atomic E-state index is 0.0583. The van der Waals surface area contributed by atoms with E-state index < -0.39 is 53.2 Å². The van der Waals surface area contributed by atoms with Gasteiger partial charge in [0.05, 0.1) is 37.1 Å². The lowest BCUT2D eigenvalue weighted by molar-refractivity contribution is -0.161. The lowest BCUT2D eigenvalue weighted by Gasteiger charge is -2.46. The van der Waals surface area contributed by atoms with Crippen molar-refractivity contribution in [3.05, 3.63) is 61.2 Å². The number of nitrogens with zero attached hydrogens (tertiary/aromatic N) is 2. The van der Waals surface area contributed by atoms with Crippen molar-refractivity contribution in [2.45, 2.75) is 115 Å². The van der Waals surface area contributed by atoms with Crippen LogP contribution in [0.4, 0.5) is 0 Å². The molecule has 48 heavy (non-hydrogen) atoms. The fourth-order valence-electron chi connectivity index (χ4n) is 8.39. The van der Waals surface area contributed by atoms with Gasteiger partial charge in [-0.25, -0.2) is 0 Å². The molecule has 0 aromatic heterocycles. The van der Waals surface area contributed by atoms with Crippen LogP contribution in [0.1, 0.15) is 91.7 Å². The number of rotatable bonds is 16. The van der Waals surface area contributed by atoms with E-state index in [1.54, 1.807) is 17.1 Å². The van der Waals surface area contributed by atoms with Crippen LogP contribution in [0, 0.1) is 17.3 Å². The Hall–Kier alpha value is -3.50. The fourth-order valence-corrected chi connectivity index (χ4v) is 8.39. The third kappa shape index (κ3) is 7.39. The van der Waals surface area contributed by atoms with Crippen molar-refractivity contribution in [3.63, 3.8) is 0 Å². The fraction of sp³-hybridized carbons (Fsp3) is 0.632. The topological polar surface area (TPSA) is 125 Å². The van der Waals surface area contributed by atoms with Gasteiger partial charge in [0.15, 0.2) is 0 Å². The third-order valence-corrected chi connectivity index (χ3v) is 10.1. The van der Waals surface area contributed by atoms with Gasteiger partial charge < -0.3 is 29.7 Å². The Morgan fingerprint density at radius 3 is 2.44 bits per heavy atom. The van der Waals surface area contributed by atoms with Crippen molar-refractivity contribution in [1.29, 1.82) is 0 Å². The molecule has 264 valence electrons. The van der Waals surface area contributed by atoms with E-state index >= 15 is 0 Å². The van der Waals surface area contributed by atoms with E-state index in [-0.39, 0.29) is 49.3 Å². The van der Waals surface area contributed by atoms with Crippen LogP contribution in [-0.4, -0.2) is 87.6 Å². The highest BCUT2D eigenvalue weighted by atomic mass is 16.6. The van der Waals surface area contributed by atoms with Crippen LogP contribution >= 0.6 is 0 Å². The predicted molar refractivity (Wildman–Crippen MR) is 183 cm³/mol. The van der Waals surface area contributed by atoms with E-state index in [9.17, 15) is 24.3 Å². The number of nitrogens with one attached hydrogen (secondary N) is 1. The molecule has 2 bridgehead atoms. The molecule has 10 nitrogen and oxygen atoms in total. The van der Waals surface area contributed by atoms with Crippen molar-refractivity contribution in [2.24, 2.45) is 17.3 Å². The van der Waals surface area contributed by atoms with Crippen molar-refractivity contribution in [3.8, 4) is 0 Å². The Morgan fingerprint density at radius 1 is 1.17 bits per heavy atom. The van der Waals surface area contributed by atoms with E-state index in [0.717, 1.165) is 0 Å². The van der Waals surface area contributed by atoms with Crippen molar-refractivity contribution < 1.29 is 33.8 Å². The van der Waals surface area contributed by atoms with Crippen LogP contribution in [0.25, 0.3) is 0 Å². The van der Waals surface area contributed by atoms with Gasteiger partial charge in [0.1, 0.15) is 17.7 Å². The molecule has 3 amide bonds. The molecule has 0 saturated carbocycles. The molecule has 2 N–H and O–H groups in total. The summed E-state index contributed by atoms with van der Waals surface area (Å²) in [6.45, 7) is 19.9. The molecule has 0 aliphatic carbocycles. The van der Waals surface area contributed by atoms with E-state index in [0.29, 0.717) is 37.7 Å². The second-order valence-electron chi connectivity index (χ2n) is 15.3. The largest absolute Gasteiger partial charge is 0.455 e. The number of hydrogen-bond acceptors (Lipinski definition) is 7. The second kappa shape index (κ2) is 14.9. The van der Waals surface area contributed by atoms with Crippen LogP contribution in [-0.2, 0) is 28.7 Å². The first-order chi connectivity index (χ1) is 22.7. The highest BCUT2D eigenvalue weighted by Crippen LogP contribution is 2.59. The summed E-state index contributed by atoms with van der Waals surface area (Å²) in [6.07, 6.45) is 4.76. The van der Waals surface area contributed by atoms with Gasteiger partial charge in [-0.1, -0.05) is 70.2 Å². The van der Waals surface area contributed by atoms with Gasteiger partial charge in [-0.2, -0.15) is 0 Å². The van der Waals surface area contributed by atoms with Gasteiger partial charge in [-0.05, 0) is 56.9 Å². The zero-order chi connectivity index (χ0) is 35.4. The van der Waals surface area contributed by atoms with Gasteiger partial charge in [-0.15, -0.1) is 13.2 Å². The Balaban J connectivity index is 1.70. The number of ether oxygens (including phenoxy) is 2. The minimum Gasteiger partial charge on any atom is -0.455 e. The van der Waals surface area contributed by atoms with Crippen LogP contribution in [0.5, 0.6) is 0 Å². The number of aliphatic hydroxyl groups is 1. The molecule has 3 fully saturated rings. The van der Waals surface area contributed by atoms with Gasteiger partial charge in [0.25, 0.3) is 0 Å². The zero-order valence-electron chi connectivity index (χ0n) is 29.6. The molecule has 1 aromatic carbocycles. The summed E-state index contributed by atoms with van der Waals surface area (Å²) in [7, 11) is 0. The Morgan fingerprint density at radius 2 is 1.85 bits per heavy atom. The number of aliphatic hydroxyl groups excluding tert-OH is 1. The number of likely N-dealkylation sites (tertiary alicyclic amines) is 1. The maximum Gasteiger partial charge on any atom is 0.313 e. The Kier molecular flexibility index (Phi) is 11.6. The lowest BCUT2D eigenvalue weighted by Crippen LogP contribution is -2.62. The van der Waals surface area contributed by atoms with E-state index in [1.165, 1.54) is 4.90 Å². The van der Waals surface area contributed by atoms with Crippen LogP contribution in [0.15, 0.2) is 55.6 Å². The number of hydrogen-bond donors (Lipinski definition) is 2. The molecule has 7 atom stereocenters. The maximum absolute atomic E-state index is 14.9. The number of amides is 3. The summed E-state index contributed by atoms with van der Waals surface area (Å²) in [5.41, 5.74) is -1.23. The van der Waals surface area contributed by atoms with Gasteiger partial charge in [0, 0.05) is 18.5 Å². The molecule has 1 spiro atoms. The Bertz CT molecular complexity index is 1350. The number of esters is 1. The van der Waals surface area contributed by atoms with Crippen LogP contribution in [0.3, 0.4) is 0 Å². The van der Waals surface area contributed by atoms with E-state index in [4.69, 9.17) is 9.47 Å². The monoisotopic (exact) mass is 665 g/mol. The van der Waals surface area contributed by atoms with Crippen molar-refractivity contribution >= 4 is 23.7 Å². The minimum atomic E-state index is -1.25. The van der Waals surface area contributed by atoms with E-state index in [1.807, 2.05) is 51.1 Å². The van der Waals surface area contributed by atoms with Gasteiger partial charge in [-0.3, -0.25) is 19.2 Å². The summed E-state index contributed by atoms with van der Waals surface area (Å²) in [5, 5.41) is 13.3. The smallest absolute Gasteiger partial charge is 0.313 e. The van der Waals surface area contributed by atoms with Gasteiger partial charge >= 0.3 is 5.97 Å². The molecule has 0 radical (unpaired) electrons. The predicted octanol–water partition coefficient (Wildman–Crippen LogP) is 4.73. The highest BCUT2D eigenvalue weighted by Gasteiger charge is 2.76. The summed E-state index contributed by atoms with van der Waals surface area (Å²) in [4.78, 5) is 59.4.